The zero-order valence-electron chi connectivity index (χ0n) is 14.6. The Morgan fingerprint density at radius 3 is 2.48 bits per heavy atom. The Morgan fingerprint density at radius 2 is 1.80 bits per heavy atom. The summed E-state index contributed by atoms with van der Waals surface area (Å²) in [5.74, 6) is 0.793. The van der Waals surface area contributed by atoms with Crippen molar-refractivity contribution in [3.05, 3.63) is 48.7 Å². The van der Waals surface area contributed by atoms with Crippen LogP contribution in [-0.4, -0.2) is 34.2 Å². The molecule has 25 heavy (non-hydrogen) atoms. The van der Waals surface area contributed by atoms with Gasteiger partial charge in [-0.2, -0.15) is 0 Å². The predicted molar refractivity (Wildman–Crippen MR) is 96.9 cm³/mol. The van der Waals surface area contributed by atoms with Crippen LogP contribution in [0.25, 0.3) is 22.6 Å². The molecule has 6 nitrogen and oxygen atoms in total. The Hall–Kier alpha value is -2.54. The molecule has 0 saturated heterocycles. The highest BCUT2D eigenvalue weighted by Gasteiger charge is 2.15. The molecule has 0 amide bonds. The highest BCUT2D eigenvalue weighted by molar-refractivity contribution is 7.90. The van der Waals surface area contributed by atoms with E-state index in [1.54, 1.807) is 18.5 Å². The van der Waals surface area contributed by atoms with Crippen LogP contribution < -0.4 is 0 Å². The molecule has 0 N–H and O–H groups in total. The maximum Gasteiger partial charge on any atom is 0.177 e. The number of pyridine rings is 2. The molecule has 0 aliphatic rings. The normalized spacial score (nSPS) is 11.9. The van der Waals surface area contributed by atoms with E-state index in [4.69, 9.17) is 0 Å². The summed E-state index contributed by atoms with van der Waals surface area (Å²) in [6.45, 7) is 6.21. The third kappa shape index (κ3) is 3.46. The Bertz CT molecular complexity index is 1020. The van der Waals surface area contributed by atoms with Gasteiger partial charge >= 0.3 is 0 Å². The first-order valence-electron chi connectivity index (χ1n) is 7.93. The number of rotatable bonds is 4. The highest BCUT2D eigenvalue weighted by atomic mass is 32.2. The molecule has 0 saturated carbocycles. The second-order valence-electron chi connectivity index (χ2n) is 6.30. The Kier molecular flexibility index (Phi) is 4.43. The molecule has 0 spiro atoms. The van der Waals surface area contributed by atoms with Gasteiger partial charge in [-0.05, 0) is 44.5 Å². The first-order chi connectivity index (χ1) is 11.8. The first kappa shape index (κ1) is 17.3. The van der Waals surface area contributed by atoms with Gasteiger partial charge in [0.2, 0.25) is 0 Å². The minimum atomic E-state index is -3.30. The van der Waals surface area contributed by atoms with Gasteiger partial charge in [0, 0.05) is 48.3 Å². The maximum atomic E-state index is 11.8. The fourth-order valence-corrected chi connectivity index (χ4v) is 3.39. The minimum absolute atomic E-state index is 0.197. The number of hydrogen-bond acceptors (Lipinski definition) is 5. The molecular weight excluding hydrogens is 336 g/mol. The van der Waals surface area contributed by atoms with E-state index in [0.29, 0.717) is 0 Å². The van der Waals surface area contributed by atoms with Crippen molar-refractivity contribution in [3.8, 4) is 22.6 Å². The van der Waals surface area contributed by atoms with Crippen LogP contribution in [0.5, 0.6) is 0 Å². The van der Waals surface area contributed by atoms with Gasteiger partial charge in [0.15, 0.2) is 15.7 Å². The van der Waals surface area contributed by atoms with Crippen LogP contribution in [0.4, 0.5) is 0 Å². The molecule has 130 valence electrons. The number of imidazole rings is 1. The molecule has 3 aromatic heterocycles. The monoisotopic (exact) mass is 356 g/mol. The lowest BCUT2D eigenvalue weighted by atomic mass is 10.1. The average Bonchev–Trinajstić information content (AvgIpc) is 2.96. The van der Waals surface area contributed by atoms with Crippen LogP contribution in [0.15, 0.2) is 47.9 Å². The quantitative estimate of drug-likeness (QED) is 0.717. The van der Waals surface area contributed by atoms with Crippen molar-refractivity contribution in [2.45, 2.75) is 31.7 Å². The molecule has 7 heteroatoms. The van der Waals surface area contributed by atoms with Crippen LogP contribution in [0, 0.1) is 6.92 Å². The van der Waals surface area contributed by atoms with E-state index in [1.807, 2.05) is 25.3 Å². The van der Waals surface area contributed by atoms with Crippen molar-refractivity contribution in [1.82, 2.24) is 19.5 Å². The van der Waals surface area contributed by atoms with Gasteiger partial charge in [0.05, 0.1) is 4.90 Å². The van der Waals surface area contributed by atoms with Crippen LogP contribution in [0.1, 0.15) is 25.6 Å². The zero-order valence-corrected chi connectivity index (χ0v) is 15.4. The van der Waals surface area contributed by atoms with Crippen molar-refractivity contribution < 1.29 is 8.42 Å². The van der Waals surface area contributed by atoms with Gasteiger partial charge in [-0.15, -0.1) is 0 Å². The molecule has 3 rings (SSSR count). The maximum absolute atomic E-state index is 11.8. The molecule has 0 bridgehead atoms. The number of aromatic nitrogens is 4. The molecule has 0 aliphatic carbocycles. The number of hydrogen-bond donors (Lipinski definition) is 0. The summed E-state index contributed by atoms with van der Waals surface area (Å²) in [5, 5.41) is 0. The first-order valence-corrected chi connectivity index (χ1v) is 9.82. The van der Waals surface area contributed by atoms with Crippen molar-refractivity contribution in [3.63, 3.8) is 0 Å². The molecule has 0 radical (unpaired) electrons. The van der Waals surface area contributed by atoms with E-state index in [2.05, 4.69) is 33.4 Å². The number of nitrogens with zero attached hydrogens (tertiary/aromatic N) is 4. The average molecular weight is 356 g/mol. The summed E-state index contributed by atoms with van der Waals surface area (Å²) in [7, 11) is -3.30. The largest absolute Gasteiger partial charge is 0.325 e. The molecule has 0 fully saturated rings. The predicted octanol–water partition coefficient (Wildman–Crippen LogP) is 3.30. The lowest BCUT2D eigenvalue weighted by Crippen LogP contribution is -2.06. The standard InChI is InChI=1S/C18H20N4O2S/c1-12(2)22-13(3)9-21-18(22)17-8-14(5-6-20-17)15-7-16(11-19-10-15)25(4,23)24/h5-12H,1-4H3. The van der Waals surface area contributed by atoms with Crippen molar-refractivity contribution in [2.75, 3.05) is 6.26 Å². The SMILES string of the molecule is Cc1cnc(-c2cc(-c3cncc(S(C)(=O)=O)c3)ccn2)n1C(C)C. The number of sulfone groups is 1. The minimum Gasteiger partial charge on any atom is -0.325 e. The third-order valence-corrected chi connectivity index (χ3v) is 5.04. The Labute approximate surface area is 147 Å². The summed E-state index contributed by atoms with van der Waals surface area (Å²) in [5.41, 5.74) is 3.38. The van der Waals surface area contributed by atoms with E-state index in [-0.39, 0.29) is 10.9 Å². The highest BCUT2D eigenvalue weighted by Crippen LogP contribution is 2.27. The van der Waals surface area contributed by atoms with Crippen LogP contribution >= 0.6 is 0 Å². The third-order valence-electron chi connectivity index (χ3n) is 3.96. The second-order valence-corrected chi connectivity index (χ2v) is 8.31. The second kappa shape index (κ2) is 6.40. The smallest absolute Gasteiger partial charge is 0.177 e. The lowest BCUT2D eigenvalue weighted by Gasteiger charge is -2.14. The molecular formula is C18H20N4O2S. The summed E-state index contributed by atoms with van der Waals surface area (Å²) in [6.07, 6.45) is 7.71. The van der Waals surface area contributed by atoms with Gasteiger partial charge in [0.25, 0.3) is 0 Å². The van der Waals surface area contributed by atoms with Gasteiger partial charge in [-0.1, -0.05) is 0 Å². The van der Waals surface area contributed by atoms with Crippen molar-refractivity contribution in [1.29, 1.82) is 0 Å². The fraction of sp³-hybridized carbons (Fsp3) is 0.278. The van der Waals surface area contributed by atoms with Crippen LogP contribution in [0.2, 0.25) is 0 Å². The van der Waals surface area contributed by atoms with Crippen LogP contribution in [-0.2, 0) is 9.84 Å². The zero-order chi connectivity index (χ0) is 18.2. The molecule has 0 aromatic carbocycles. The summed E-state index contributed by atoms with van der Waals surface area (Å²) >= 11 is 0. The summed E-state index contributed by atoms with van der Waals surface area (Å²) in [4.78, 5) is 13.2. The van der Waals surface area contributed by atoms with Crippen molar-refractivity contribution in [2.24, 2.45) is 0 Å². The Morgan fingerprint density at radius 1 is 1.04 bits per heavy atom. The van der Waals surface area contributed by atoms with Gasteiger partial charge in [-0.25, -0.2) is 13.4 Å². The molecule has 3 heterocycles. The topological polar surface area (TPSA) is 77.7 Å². The van der Waals surface area contributed by atoms with E-state index >= 15 is 0 Å². The van der Waals surface area contributed by atoms with E-state index in [1.165, 1.54) is 12.5 Å². The molecule has 0 atom stereocenters. The fourth-order valence-electron chi connectivity index (χ4n) is 2.80. The Balaban J connectivity index is 2.10. The van der Waals surface area contributed by atoms with Gasteiger partial charge < -0.3 is 4.57 Å². The van der Waals surface area contributed by atoms with E-state index in [9.17, 15) is 8.42 Å². The molecule has 0 aliphatic heterocycles. The van der Waals surface area contributed by atoms with Gasteiger partial charge in [0.1, 0.15) is 5.69 Å². The summed E-state index contributed by atoms with van der Waals surface area (Å²) in [6, 6.07) is 5.63. The summed E-state index contributed by atoms with van der Waals surface area (Å²) < 4.78 is 25.6. The van der Waals surface area contributed by atoms with Crippen molar-refractivity contribution >= 4 is 9.84 Å². The van der Waals surface area contributed by atoms with Gasteiger partial charge in [-0.3, -0.25) is 9.97 Å². The van der Waals surface area contributed by atoms with E-state index in [0.717, 1.165) is 28.3 Å². The molecule has 0 unspecified atom stereocenters. The van der Waals surface area contributed by atoms with E-state index < -0.39 is 9.84 Å². The number of aryl methyl sites for hydroxylation is 1. The lowest BCUT2D eigenvalue weighted by molar-refractivity contribution is 0.591. The van der Waals surface area contributed by atoms with Crippen LogP contribution in [0.3, 0.4) is 0 Å². The molecule has 3 aromatic rings.